The third-order valence-electron chi connectivity index (χ3n) is 11.9. The number of rotatable bonds is 4. The average molecular weight is 477 g/mol. The zero-order chi connectivity index (χ0) is 24.2. The third-order valence-corrected chi connectivity index (χ3v) is 11.9. The molecule has 3 heteroatoms. The number of hydrogen-bond donors (Lipinski definition) is 1. The van der Waals surface area contributed by atoms with Gasteiger partial charge in [-0.15, -0.1) is 0 Å². The first kappa shape index (κ1) is 24.0. The summed E-state index contributed by atoms with van der Waals surface area (Å²) in [6, 6.07) is 11.0. The van der Waals surface area contributed by atoms with Gasteiger partial charge in [0.05, 0.1) is 6.10 Å². The van der Waals surface area contributed by atoms with Gasteiger partial charge < -0.3 is 10.0 Å². The first-order valence-corrected chi connectivity index (χ1v) is 14.8. The molecule has 1 aromatic rings. The van der Waals surface area contributed by atoms with E-state index in [1.54, 1.807) is 5.57 Å². The Labute approximate surface area is 214 Å². The molecule has 0 amide bonds. The van der Waals surface area contributed by atoms with Crippen molar-refractivity contribution >= 4 is 5.69 Å². The van der Waals surface area contributed by atoms with Gasteiger partial charge in [-0.2, -0.15) is 0 Å². The predicted molar refractivity (Wildman–Crippen MR) is 145 cm³/mol. The molecule has 192 valence electrons. The molecule has 3 saturated carbocycles. The number of piperazine rings is 1. The van der Waals surface area contributed by atoms with Crippen molar-refractivity contribution in [1.29, 1.82) is 0 Å². The molecular weight excluding hydrogens is 428 g/mol. The maximum atomic E-state index is 10.3. The lowest BCUT2D eigenvalue weighted by Gasteiger charge is -2.58. The highest BCUT2D eigenvalue weighted by molar-refractivity contribution is 5.46. The molecular formula is C32H48N2O. The Balaban J connectivity index is 1.10. The number of fused-ring (bicyclic) bond motifs is 5. The van der Waals surface area contributed by atoms with Gasteiger partial charge in [-0.05, 0) is 104 Å². The smallest absolute Gasteiger partial charge is 0.0577 e. The van der Waals surface area contributed by atoms with Crippen LogP contribution in [0.3, 0.4) is 0 Å². The number of nitrogens with zero attached hydrogens (tertiary/aromatic N) is 2. The second-order valence-electron chi connectivity index (χ2n) is 13.5. The minimum absolute atomic E-state index is 0.0917. The predicted octanol–water partition coefficient (Wildman–Crippen LogP) is 6.38. The first-order chi connectivity index (χ1) is 16.9. The summed E-state index contributed by atoms with van der Waals surface area (Å²) in [4.78, 5) is 5.32. The second kappa shape index (κ2) is 9.21. The van der Waals surface area contributed by atoms with Crippen LogP contribution in [-0.4, -0.2) is 48.8 Å². The summed E-state index contributed by atoms with van der Waals surface area (Å²) in [7, 11) is 0. The van der Waals surface area contributed by atoms with Crippen LogP contribution < -0.4 is 4.90 Å². The Morgan fingerprint density at radius 1 is 0.943 bits per heavy atom. The molecule has 0 radical (unpaired) electrons. The van der Waals surface area contributed by atoms with Gasteiger partial charge in [0.15, 0.2) is 0 Å². The fraction of sp³-hybridized carbons (Fsp3) is 0.750. The highest BCUT2D eigenvalue weighted by atomic mass is 16.3. The molecule has 1 aromatic carbocycles. The average Bonchev–Trinajstić information content (AvgIpc) is 3.23. The monoisotopic (exact) mass is 476 g/mol. The standard InChI is InChI=1S/C32H48N2O/c1-23(22-33-17-19-34(20-18-33)25-7-5-4-6-8-25)28-11-12-29-27-10-9-24-21-26(35)13-15-31(24,2)30(27)14-16-32(28,29)3/h4-9,23,26-30,35H,10-22H2,1-3H3/t23?,26-,27-,28+,29-,30-,31-,32+/m0/s1. The fourth-order valence-electron chi connectivity index (χ4n) is 9.98. The molecule has 0 bridgehead atoms. The Morgan fingerprint density at radius 2 is 1.71 bits per heavy atom. The van der Waals surface area contributed by atoms with Crippen molar-refractivity contribution < 1.29 is 5.11 Å². The third kappa shape index (κ3) is 4.09. The quantitative estimate of drug-likeness (QED) is 0.511. The molecule has 0 aromatic heterocycles. The van der Waals surface area contributed by atoms with Gasteiger partial charge in [-0.3, -0.25) is 4.90 Å². The number of aliphatic hydroxyl groups excluding tert-OH is 1. The SMILES string of the molecule is CC(CN1CCN(c2ccccc2)CC1)[C@H]1CC[C@H]2[C@@H]3CC=C4C[C@@H](O)CC[C@]4(C)[C@H]3CC[C@]12C. The maximum absolute atomic E-state index is 10.3. The van der Waals surface area contributed by atoms with Crippen LogP contribution in [0.4, 0.5) is 5.69 Å². The minimum Gasteiger partial charge on any atom is -0.393 e. The molecule has 1 N–H and O–H groups in total. The van der Waals surface area contributed by atoms with Gasteiger partial charge in [0.1, 0.15) is 0 Å². The van der Waals surface area contributed by atoms with Gasteiger partial charge >= 0.3 is 0 Å². The van der Waals surface area contributed by atoms with Crippen LogP contribution in [0.2, 0.25) is 0 Å². The first-order valence-electron chi connectivity index (χ1n) is 14.8. The number of para-hydroxylation sites is 1. The van der Waals surface area contributed by atoms with Crippen molar-refractivity contribution in [2.45, 2.75) is 78.2 Å². The molecule has 4 aliphatic carbocycles. The summed E-state index contributed by atoms with van der Waals surface area (Å²) in [5, 5.41) is 10.3. The van der Waals surface area contributed by atoms with Crippen molar-refractivity contribution in [1.82, 2.24) is 4.90 Å². The number of hydrogen-bond acceptors (Lipinski definition) is 3. The molecule has 1 heterocycles. The maximum Gasteiger partial charge on any atom is 0.0577 e. The van der Waals surface area contributed by atoms with Crippen molar-refractivity contribution in [2.75, 3.05) is 37.6 Å². The molecule has 5 aliphatic rings. The fourth-order valence-corrected chi connectivity index (χ4v) is 9.98. The molecule has 6 rings (SSSR count). The zero-order valence-electron chi connectivity index (χ0n) is 22.5. The van der Waals surface area contributed by atoms with E-state index in [0.29, 0.717) is 10.8 Å². The Hall–Kier alpha value is -1.32. The normalized spacial score (nSPS) is 42.6. The summed E-state index contributed by atoms with van der Waals surface area (Å²) in [6.07, 6.45) is 12.7. The van der Waals surface area contributed by atoms with E-state index in [9.17, 15) is 5.11 Å². The van der Waals surface area contributed by atoms with E-state index in [1.165, 1.54) is 63.8 Å². The van der Waals surface area contributed by atoms with Crippen LogP contribution >= 0.6 is 0 Å². The largest absolute Gasteiger partial charge is 0.393 e. The van der Waals surface area contributed by atoms with Gasteiger partial charge in [0.25, 0.3) is 0 Å². The highest BCUT2D eigenvalue weighted by Crippen LogP contribution is 2.67. The lowest BCUT2D eigenvalue weighted by molar-refractivity contribution is -0.0585. The van der Waals surface area contributed by atoms with E-state index in [4.69, 9.17) is 0 Å². The second-order valence-corrected chi connectivity index (χ2v) is 13.5. The van der Waals surface area contributed by atoms with Crippen molar-refractivity contribution in [3.63, 3.8) is 0 Å². The van der Waals surface area contributed by atoms with Crippen LogP contribution in [0.15, 0.2) is 42.0 Å². The van der Waals surface area contributed by atoms with E-state index in [0.717, 1.165) is 55.5 Å². The van der Waals surface area contributed by atoms with Crippen molar-refractivity contribution in [3.05, 3.63) is 42.0 Å². The topological polar surface area (TPSA) is 26.7 Å². The summed E-state index contributed by atoms with van der Waals surface area (Å²) in [5.41, 5.74) is 3.89. The van der Waals surface area contributed by atoms with Crippen LogP contribution in [0.5, 0.6) is 0 Å². The molecule has 8 atom stereocenters. The van der Waals surface area contributed by atoms with Crippen molar-refractivity contribution in [3.8, 4) is 0 Å². The van der Waals surface area contributed by atoms with Gasteiger partial charge in [-0.1, -0.05) is 50.6 Å². The lowest BCUT2D eigenvalue weighted by Crippen LogP contribution is -2.52. The van der Waals surface area contributed by atoms with Crippen LogP contribution in [0, 0.1) is 40.4 Å². The summed E-state index contributed by atoms with van der Waals surface area (Å²) in [5.74, 6) is 4.31. The number of anilines is 1. The molecule has 0 spiro atoms. The minimum atomic E-state index is -0.0917. The summed E-state index contributed by atoms with van der Waals surface area (Å²) >= 11 is 0. The molecule has 3 nitrogen and oxygen atoms in total. The van der Waals surface area contributed by atoms with E-state index in [1.807, 2.05) is 0 Å². The van der Waals surface area contributed by atoms with Gasteiger partial charge in [0, 0.05) is 38.4 Å². The molecule has 1 saturated heterocycles. The van der Waals surface area contributed by atoms with E-state index < -0.39 is 0 Å². The van der Waals surface area contributed by atoms with Crippen molar-refractivity contribution in [2.24, 2.45) is 40.4 Å². The number of aliphatic hydroxyl groups is 1. The molecule has 1 aliphatic heterocycles. The van der Waals surface area contributed by atoms with Gasteiger partial charge in [0.2, 0.25) is 0 Å². The summed E-state index contributed by atoms with van der Waals surface area (Å²) in [6.45, 7) is 13.8. The van der Waals surface area contributed by atoms with E-state index >= 15 is 0 Å². The summed E-state index contributed by atoms with van der Waals surface area (Å²) < 4.78 is 0. The van der Waals surface area contributed by atoms with E-state index in [-0.39, 0.29) is 6.10 Å². The highest BCUT2D eigenvalue weighted by Gasteiger charge is 2.59. The number of allylic oxidation sites excluding steroid dienone is 1. The number of benzene rings is 1. The molecule has 1 unspecified atom stereocenters. The van der Waals surface area contributed by atoms with Crippen LogP contribution in [0.1, 0.15) is 72.1 Å². The van der Waals surface area contributed by atoms with Crippen LogP contribution in [0.25, 0.3) is 0 Å². The lowest BCUT2D eigenvalue weighted by atomic mass is 9.47. The molecule has 35 heavy (non-hydrogen) atoms. The van der Waals surface area contributed by atoms with Crippen LogP contribution in [-0.2, 0) is 0 Å². The van der Waals surface area contributed by atoms with Gasteiger partial charge in [-0.25, -0.2) is 0 Å². The zero-order valence-corrected chi connectivity index (χ0v) is 22.5. The van der Waals surface area contributed by atoms with E-state index in [2.05, 4.69) is 67.0 Å². The Morgan fingerprint density at radius 3 is 2.49 bits per heavy atom. The Bertz CT molecular complexity index is 921. The Kier molecular flexibility index (Phi) is 6.33. The molecule has 4 fully saturated rings.